The lowest BCUT2D eigenvalue weighted by Gasteiger charge is -1.98. The molecule has 21 heavy (non-hydrogen) atoms. The molecule has 0 atom stereocenters. The van der Waals surface area contributed by atoms with Gasteiger partial charge < -0.3 is 4.42 Å². The first-order valence-corrected chi connectivity index (χ1v) is 7.11. The number of benzene rings is 1. The number of fused-ring (bicyclic) bond motifs is 1. The van der Waals surface area contributed by atoms with Gasteiger partial charge in [-0.25, -0.2) is 4.39 Å². The van der Waals surface area contributed by atoms with Crippen molar-refractivity contribution in [3.63, 3.8) is 0 Å². The average molecular weight is 300 g/mol. The van der Waals surface area contributed by atoms with Crippen LogP contribution in [-0.4, -0.2) is 19.8 Å². The summed E-state index contributed by atoms with van der Waals surface area (Å²) >= 11 is 1.41. The number of furan rings is 1. The van der Waals surface area contributed by atoms with Gasteiger partial charge in [-0.15, -0.1) is 15.3 Å². The molecule has 0 aliphatic rings. The number of hydrogen-bond donors (Lipinski definition) is 0. The van der Waals surface area contributed by atoms with Gasteiger partial charge in [0.15, 0.2) is 16.6 Å². The first kappa shape index (κ1) is 12.2. The monoisotopic (exact) mass is 300 g/mol. The quantitative estimate of drug-likeness (QED) is 0.583. The minimum absolute atomic E-state index is 0.251. The summed E-state index contributed by atoms with van der Waals surface area (Å²) in [4.78, 5) is 0.707. The van der Waals surface area contributed by atoms with Gasteiger partial charge >= 0.3 is 0 Å². The van der Waals surface area contributed by atoms with Gasteiger partial charge in [-0.05, 0) is 29.8 Å². The van der Waals surface area contributed by atoms with Crippen LogP contribution in [0.25, 0.3) is 15.7 Å². The summed E-state index contributed by atoms with van der Waals surface area (Å²) in [6.07, 6.45) is 2.15. The van der Waals surface area contributed by atoms with Crippen LogP contribution in [0, 0.1) is 5.82 Å². The van der Waals surface area contributed by atoms with Crippen LogP contribution in [-0.2, 0) is 6.42 Å². The second-order valence-electron chi connectivity index (χ2n) is 4.50. The van der Waals surface area contributed by atoms with Gasteiger partial charge in [-0.2, -0.15) is 4.52 Å². The van der Waals surface area contributed by atoms with E-state index in [1.165, 1.54) is 23.5 Å². The van der Waals surface area contributed by atoms with Crippen LogP contribution in [0.15, 0.2) is 47.1 Å². The first-order valence-electron chi connectivity index (χ1n) is 6.29. The first-order chi connectivity index (χ1) is 10.3. The molecule has 4 rings (SSSR count). The Morgan fingerprint density at radius 1 is 1.14 bits per heavy atom. The molecule has 0 fully saturated rings. The Bertz CT molecular complexity index is 880. The topological polar surface area (TPSA) is 56.2 Å². The minimum Gasteiger partial charge on any atom is -0.462 e. The Morgan fingerprint density at radius 2 is 2.00 bits per heavy atom. The van der Waals surface area contributed by atoms with Gasteiger partial charge in [0.25, 0.3) is 0 Å². The lowest BCUT2D eigenvalue weighted by atomic mass is 10.1. The highest BCUT2D eigenvalue weighted by Gasteiger charge is 2.14. The maximum atomic E-state index is 12.9. The maximum Gasteiger partial charge on any atom is 0.235 e. The van der Waals surface area contributed by atoms with E-state index in [1.807, 2.05) is 12.1 Å². The molecule has 0 spiro atoms. The van der Waals surface area contributed by atoms with Crippen molar-refractivity contribution in [3.8, 4) is 10.8 Å². The van der Waals surface area contributed by atoms with E-state index in [4.69, 9.17) is 4.42 Å². The summed E-state index contributed by atoms with van der Waals surface area (Å²) in [5.41, 5.74) is 0.957. The molecule has 0 aliphatic carbocycles. The number of aromatic nitrogens is 4. The third-order valence-corrected chi connectivity index (χ3v) is 3.98. The molecule has 0 amide bonds. The Morgan fingerprint density at radius 3 is 2.76 bits per heavy atom. The highest BCUT2D eigenvalue weighted by Crippen LogP contribution is 2.26. The third kappa shape index (κ3) is 2.21. The lowest BCUT2D eigenvalue weighted by molar-refractivity contribution is 0.580. The number of halogens is 1. The second kappa shape index (κ2) is 4.78. The van der Waals surface area contributed by atoms with E-state index >= 15 is 0 Å². The molecule has 0 saturated heterocycles. The zero-order valence-electron chi connectivity index (χ0n) is 10.7. The number of nitrogens with zero attached hydrogens (tertiary/aromatic N) is 4. The van der Waals surface area contributed by atoms with Crippen LogP contribution in [0.2, 0.25) is 0 Å². The zero-order valence-corrected chi connectivity index (χ0v) is 11.5. The summed E-state index contributed by atoms with van der Waals surface area (Å²) in [6.45, 7) is 0. The molecule has 0 saturated carbocycles. The van der Waals surface area contributed by atoms with Crippen molar-refractivity contribution in [1.29, 1.82) is 0 Å². The van der Waals surface area contributed by atoms with Gasteiger partial charge in [0.1, 0.15) is 5.82 Å². The van der Waals surface area contributed by atoms with Gasteiger partial charge in [0.05, 0.1) is 6.26 Å². The Kier molecular flexibility index (Phi) is 2.78. The molecule has 4 aromatic rings. The van der Waals surface area contributed by atoms with Gasteiger partial charge in [-0.1, -0.05) is 23.5 Å². The van der Waals surface area contributed by atoms with Crippen molar-refractivity contribution in [2.75, 3.05) is 0 Å². The molecular weight excluding hydrogens is 291 g/mol. The van der Waals surface area contributed by atoms with Crippen LogP contribution in [0.3, 0.4) is 0 Å². The Balaban J connectivity index is 1.71. The molecule has 7 heteroatoms. The predicted molar refractivity (Wildman–Crippen MR) is 75.6 cm³/mol. The fourth-order valence-corrected chi connectivity index (χ4v) is 2.88. The average Bonchev–Trinajstić information content (AvgIpc) is 3.18. The summed E-state index contributed by atoms with van der Waals surface area (Å²) in [6, 6.07) is 10.0. The van der Waals surface area contributed by atoms with Gasteiger partial charge in [-0.3, -0.25) is 0 Å². The van der Waals surface area contributed by atoms with Crippen molar-refractivity contribution in [3.05, 3.63) is 59.9 Å². The number of rotatable bonds is 3. The molecule has 0 radical (unpaired) electrons. The van der Waals surface area contributed by atoms with Crippen LogP contribution >= 0.6 is 11.3 Å². The number of hydrogen-bond acceptors (Lipinski definition) is 5. The highest BCUT2D eigenvalue weighted by molar-refractivity contribution is 7.19. The SMILES string of the molecule is Fc1ccc(Cc2nnc3sc(-c4ccco4)nn23)cc1. The summed E-state index contributed by atoms with van der Waals surface area (Å²) in [7, 11) is 0. The van der Waals surface area contributed by atoms with Gasteiger partial charge in [0, 0.05) is 6.42 Å². The van der Waals surface area contributed by atoms with Crippen molar-refractivity contribution >= 4 is 16.3 Å². The van der Waals surface area contributed by atoms with E-state index < -0.39 is 0 Å². The maximum absolute atomic E-state index is 12.9. The van der Waals surface area contributed by atoms with Crippen molar-refractivity contribution in [1.82, 2.24) is 19.8 Å². The van der Waals surface area contributed by atoms with Crippen LogP contribution < -0.4 is 0 Å². The smallest absolute Gasteiger partial charge is 0.235 e. The molecule has 0 bridgehead atoms. The van der Waals surface area contributed by atoms with Crippen LogP contribution in [0.4, 0.5) is 4.39 Å². The van der Waals surface area contributed by atoms with Crippen LogP contribution in [0.1, 0.15) is 11.4 Å². The second-order valence-corrected chi connectivity index (χ2v) is 5.45. The molecule has 1 aromatic carbocycles. The molecular formula is C14H9FN4OS. The minimum atomic E-state index is -0.251. The fraction of sp³-hybridized carbons (Fsp3) is 0.0714. The van der Waals surface area contributed by atoms with Crippen molar-refractivity contribution < 1.29 is 8.81 Å². The van der Waals surface area contributed by atoms with E-state index in [0.717, 1.165) is 10.6 Å². The zero-order chi connectivity index (χ0) is 14.2. The van der Waals surface area contributed by atoms with Crippen molar-refractivity contribution in [2.24, 2.45) is 0 Å². The summed E-state index contributed by atoms with van der Waals surface area (Å²) in [5, 5.41) is 13.5. The van der Waals surface area contributed by atoms with Crippen molar-refractivity contribution in [2.45, 2.75) is 6.42 Å². The van der Waals surface area contributed by atoms with Gasteiger partial charge in [0.2, 0.25) is 4.96 Å². The summed E-state index contributed by atoms with van der Waals surface area (Å²) < 4.78 is 20.0. The molecule has 5 nitrogen and oxygen atoms in total. The summed E-state index contributed by atoms with van der Waals surface area (Å²) in [5.74, 6) is 1.17. The third-order valence-electron chi connectivity index (χ3n) is 3.06. The normalized spacial score (nSPS) is 11.3. The van der Waals surface area contributed by atoms with E-state index in [1.54, 1.807) is 22.9 Å². The fourth-order valence-electron chi connectivity index (χ4n) is 2.05. The lowest BCUT2D eigenvalue weighted by Crippen LogP contribution is -1.97. The van der Waals surface area contributed by atoms with E-state index in [2.05, 4.69) is 15.3 Å². The standard InChI is InChI=1S/C14H9FN4OS/c15-10-5-3-9(4-6-10)8-12-16-17-14-19(12)18-13(21-14)11-2-1-7-20-11/h1-7H,8H2. The Labute approximate surface area is 122 Å². The molecule has 3 heterocycles. The largest absolute Gasteiger partial charge is 0.462 e. The highest BCUT2D eigenvalue weighted by atomic mass is 32.1. The molecule has 0 unspecified atom stereocenters. The molecule has 3 aromatic heterocycles. The van der Waals surface area contributed by atoms with E-state index in [0.29, 0.717) is 23.0 Å². The van der Waals surface area contributed by atoms with Crippen LogP contribution in [0.5, 0.6) is 0 Å². The Hall–Kier alpha value is -2.54. The predicted octanol–water partition coefficient (Wildman–Crippen LogP) is 3.18. The van der Waals surface area contributed by atoms with E-state index in [-0.39, 0.29) is 5.82 Å². The molecule has 104 valence electrons. The molecule has 0 N–H and O–H groups in total. The van der Waals surface area contributed by atoms with E-state index in [9.17, 15) is 4.39 Å². The molecule has 0 aliphatic heterocycles.